The van der Waals surface area contributed by atoms with Gasteiger partial charge in [0.05, 0.1) is 11.7 Å². The number of allylic oxidation sites excluding steroid dienone is 1. The molecule has 2 rings (SSSR count). The molecule has 0 aromatic heterocycles. The van der Waals surface area contributed by atoms with Gasteiger partial charge >= 0.3 is 0 Å². The third-order valence-corrected chi connectivity index (χ3v) is 6.17. The summed E-state index contributed by atoms with van der Waals surface area (Å²) in [5.41, 5.74) is 1.58. The lowest BCUT2D eigenvalue weighted by Gasteiger charge is -2.49. The van der Waals surface area contributed by atoms with Gasteiger partial charge in [-0.05, 0) is 89.4 Å². The lowest BCUT2D eigenvalue weighted by atomic mass is 9.57. The first-order valence-electron chi connectivity index (χ1n) is 9.13. The van der Waals surface area contributed by atoms with Crippen molar-refractivity contribution < 1.29 is 9.84 Å². The van der Waals surface area contributed by atoms with E-state index in [0.717, 1.165) is 18.8 Å². The van der Waals surface area contributed by atoms with E-state index in [0.29, 0.717) is 30.0 Å². The molecule has 0 aromatic rings. The Hall–Kier alpha value is -0.340. The van der Waals surface area contributed by atoms with Gasteiger partial charge in [0.15, 0.2) is 0 Å². The monoisotopic (exact) mass is 308 g/mol. The van der Waals surface area contributed by atoms with Crippen molar-refractivity contribution in [2.45, 2.75) is 84.8 Å². The van der Waals surface area contributed by atoms with Crippen molar-refractivity contribution >= 4 is 0 Å². The summed E-state index contributed by atoms with van der Waals surface area (Å²) in [4.78, 5) is 0. The van der Waals surface area contributed by atoms with Crippen molar-refractivity contribution in [1.29, 1.82) is 0 Å². The number of hydrogen-bond acceptors (Lipinski definition) is 2. The Morgan fingerprint density at radius 2 is 1.95 bits per heavy atom. The molecule has 5 atom stereocenters. The average molecular weight is 309 g/mol. The van der Waals surface area contributed by atoms with Gasteiger partial charge in [0.2, 0.25) is 0 Å². The molecule has 0 saturated heterocycles. The highest BCUT2D eigenvalue weighted by Crippen LogP contribution is 2.59. The van der Waals surface area contributed by atoms with Gasteiger partial charge in [-0.3, -0.25) is 0 Å². The molecule has 2 heteroatoms. The van der Waals surface area contributed by atoms with E-state index in [1.165, 1.54) is 31.3 Å². The quantitative estimate of drug-likeness (QED) is 0.727. The molecule has 2 fully saturated rings. The van der Waals surface area contributed by atoms with Crippen LogP contribution in [0.1, 0.15) is 73.1 Å². The molecule has 2 aliphatic carbocycles. The van der Waals surface area contributed by atoms with E-state index in [-0.39, 0.29) is 5.60 Å². The molecule has 2 aliphatic rings. The van der Waals surface area contributed by atoms with Crippen LogP contribution in [0.25, 0.3) is 0 Å². The number of aliphatic hydroxyl groups is 1. The number of hydrogen-bond donors (Lipinski definition) is 1. The van der Waals surface area contributed by atoms with Gasteiger partial charge in [0.25, 0.3) is 0 Å². The van der Waals surface area contributed by atoms with Crippen molar-refractivity contribution in [2.24, 2.45) is 23.2 Å². The van der Waals surface area contributed by atoms with E-state index >= 15 is 0 Å². The molecule has 22 heavy (non-hydrogen) atoms. The first kappa shape index (κ1) is 18.0. The highest BCUT2D eigenvalue weighted by atomic mass is 16.5. The Morgan fingerprint density at radius 3 is 2.50 bits per heavy atom. The van der Waals surface area contributed by atoms with Crippen LogP contribution >= 0.6 is 0 Å². The second kappa shape index (κ2) is 6.65. The van der Waals surface area contributed by atoms with Crippen LogP contribution in [0.3, 0.4) is 0 Å². The maximum atomic E-state index is 9.28. The summed E-state index contributed by atoms with van der Waals surface area (Å²) in [6, 6.07) is 0. The molecule has 0 aliphatic heterocycles. The summed E-state index contributed by atoms with van der Waals surface area (Å²) in [6.45, 7) is 15.7. The first-order chi connectivity index (χ1) is 10.2. The molecule has 2 saturated carbocycles. The fraction of sp³-hybridized carbons (Fsp3) is 0.900. The van der Waals surface area contributed by atoms with E-state index in [1.54, 1.807) is 0 Å². The molecular weight excluding hydrogens is 272 g/mol. The number of fused-ring (bicyclic) bond motifs is 1. The second-order valence-corrected chi connectivity index (χ2v) is 8.93. The molecule has 0 radical (unpaired) electrons. The zero-order chi connectivity index (χ0) is 16.5. The molecular formula is C20H36O2. The Bertz CT molecular complexity index is 395. The predicted octanol–water partition coefficient (Wildman–Crippen LogP) is 4.96. The zero-order valence-corrected chi connectivity index (χ0v) is 15.3. The van der Waals surface area contributed by atoms with Gasteiger partial charge in [-0.2, -0.15) is 0 Å². The number of rotatable bonds is 5. The van der Waals surface area contributed by atoms with Crippen LogP contribution in [-0.4, -0.2) is 23.4 Å². The van der Waals surface area contributed by atoms with Crippen LogP contribution in [0.4, 0.5) is 0 Å². The predicted molar refractivity (Wildman–Crippen MR) is 92.8 cm³/mol. The SMILES string of the molecule is C=C(C)[C@H]1CC[C@]2(C)[C@@H](OC(C)(C)C)CC[C@H]2[C@@H]1CCCO. The second-order valence-electron chi connectivity index (χ2n) is 8.93. The summed E-state index contributed by atoms with van der Waals surface area (Å²) in [5, 5.41) is 9.28. The van der Waals surface area contributed by atoms with Crippen LogP contribution in [0.2, 0.25) is 0 Å². The van der Waals surface area contributed by atoms with Crippen LogP contribution in [0.5, 0.6) is 0 Å². The van der Waals surface area contributed by atoms with E-state index < -0.39 is 0 Å². The third kappa shape index (κ3) is 3.59. The minimum atomic E-state index is -0.0611. The van der Waals surface area contributed by atoms with Crippen molar-refractivity contribution in [3.63, 3.8) is 0 Å². The molecule has 0 bridgehead atoms. The van der Waals surface area contributed by atoms with Gasteiger partial charge in [-0.15, -0.1) is 0 Å². The topological polar surface area (TPSA) is 29.5 Å². The minimum Gasteiger partial charge on any atom is -0.396 e. The normalized spacial score (nSPS) is 38.8. The summed E-state index contributed by atoms with van der Waals surface area (Å²) in [7, 11) is 0. The fourth-order valence-electron chi connectivity index (χ4n) is 5.20. The fourth-order valence-corrected chi connectivity index (χ4v) is 5.20. The summed E-state index contributed by atoms with van der Waals surface area (Å²) >= 11 is 0. The standard InChI is InChI=1S/C20H36O2/c1-14(2)15-11-12-20(6)17(16(15)8-7-13-21)9-10-18(20)22-19(3,4)5/h15-18,21H,1,7-13H2,2-6H3/t15-,16-,17+,18+,20+/m1/s1. The van der Waals surface area contributed by atoms with Gasteiger partial charge in [0.1, 0.15) is 0 Å². The highest BCUT2D eigenvalue weighted by Gasteiger charge is 2.54. The Labute approximate surface area is 137 Å². The van der Waals surface area contributed by atoms with Crippen LogP contribution < -0.4 is 0 Å². The van der Waals surface area contributed by atoms with Crippen molar-refractivity contribution in [1.82, 2.24) is 0 Å². The zero-order valence-electron chi connectivity index (χ0n) is 15.3. The summed E-state index contributed by atoms with van der Waals surface area (Å²) < 4.78 is 6.45. The maximum absolute atomic E-state index is 9.28. The molecule has 128 valence electrons. The van der Waals surface area contributed by atoms with Crippen molar-refractivity contribution in [3.05, 3.63) is 12.2 Å². The van der Waals surface area contributed by atoms with Gasteiger partial charge in [-0.25, -0.2) is 0 Å². The van der Waals surface area contributed by atoms with E-state index in [4.69, 9.17) is 4.74 Å². The van der Waals surface area contributed by atoms with Gasteiger partial charge < -0.3 is 9.84 Å². The van der Waals surface area contributed by atoms with Crippen LogP contribution in [-0.2, 0) is 4.74 Å². The summed E-state index contributed by atoms with van der Waals surface area (Å²) in [5.74, 6) is 2.04. The third-order valence-electron chi connectivity index (χ3n) is 6.17. The molecule has 0 heterocycles. The lowest BCUT2D eigenvalue weighted by molar-refractivity contribution is -0.127. The molecule has 2 nitrogen and oxygen atoms in total. The number of aliphatic hydroxyl groups excluding tert-OH is 1. The average Bonchev–Trinajstić information content (AvgIpc) is 2.71. The van der Waals surface area contributed by atoms with Gasteiger partial charge in [0, 0.05) is 6.61 Å². The molecule has 0 unspecified atom stereocenters. The Kier molecular flexibility index (Phi) is 5.44. The van der Waals surface area contributed by atoms with Crippen molar-refractivity contribution in [3.8, 4) is 0 Å². The number of ether oxygens (including phenoxy) is 1. The summed E-state index contributed by atoms with van der Waals surface area (Å²) in [6.07, 6.45) is 7.41. The van der Waals surface area contributed by atoms with Crippen LogP contribution in [0, 0.1) is 23.2 Å². The van der Waals surface area contributed by atoms with Gasteiger partial charge in [-0.1, -0.05) is 19.1 Å². The molecule has 1 N–H and O–H groups in total. The molecule has 0 aromatic carbocycles. The first-order valence-corrected chi connectivity index (χ1v) is 9.13. The minimum absolute atomic E-state index is 0.0611. The Balaban J connectivity index is 2.19. The largest absolute Gasteiger partial charge is 0.396 e. The lowest BCUT2D eigenvalue weighted by Crippen LogP contribution is -2.46. The smallest absolute Gasteiger partial charge is 0.0638 e. The van der Waals surface area contributed by atoms with E-state index in [2.05, 4.69) is 41.2 Å². The van der Waals surface area contributed by atoms with E-state index in [9.17, 15) is 5.11 Å². The maximum Gasteiger partial charge on any atom is 0.0638 e. The van der Waals surface area contributed by atoms with E-state index in [1.807, 2.05) is 0 Å². The highest BCUT2D eigenvalue weighted by molar-refractivity contribution is 5.10. The Morgan fingerprint density at radius 1 is 1.27 bits per heavy atom. The molecule has 0 amide bonds. The molecule has 0 spiro atoms. The van der Waals surface area contributed by atoms with Crippen LogP contribution in [0.15, 0.2) is 12.2 Å². The van der Waals surface area contributed by atoms with Crippen molar-refractivity contribution in [2.75, 3.05) is 6.61 Å².